The SMILES string of the molecule is CCOc1ccccc1-c1noc(C2CCC(=O)N2Cc2ccccc2Cl)n1. The standard InChI is InChI=1S/C21H20ClN3O3/c1-2-27-18-10-6-4-8-15(18)20-23-21(28-24-20)17-11-12-19(26)25(17)13-14-7-3-5-9-16(14)22/h3-10,17H,2,11-13H2,1H3. The van der Waals surface area contributed by atoms with E-state index in [2.05, 4.69) is 10.1 Å². The minimum Gasteiger partial charge on any atom is -0.493 e. The van der Waals surface area contributed by atoms with Crippen molar-refractivity contribution in [2.45, 2.75) is 32.4 Å². The number of hydrogen-bond donors (Lipinski definition) is 0. The van der Waals surface area contributed by atoms with Crippen LogP contribution in [0.4, 0.5) is 0 Å². The van der Waals surface area contributed by atoms with Crippen LogP contribution in [0.3, 0.4) is 0 Å². The van der Waals surface area contributed by atoms with Crippen molar-refractivity contribution in [3.63, 3.8) is 0 Å². The molecule has 1 amide bonds. The topological polar surface area (TPSA) is 68.5 Å². The van der Waals surface area contributed by atoms with Crippen molar-refractivity contribution in [1.29, 1.82) is 0 Å². The van der Waals surface area contributed by atoms with Gasteiger partial charge in [0.2, 0.25) is 17.6 Å². The Balaban J connectivity index is 1.61. The molecule has 0 saturated carbocycles. The molecule has 4 rings (SSSR count). The zero-order valence-corrected chi connectivity index (χ0v) is 16.2. The Labute approximate surface area is 168 Å². The van der Waals surface area contributed by atoms with Crippen LogP contribution in [0.1, 0.15) is 37.3 Å². The lowest BCUT2D eigenvalue weighted by atomic mass is 10.1. The molecule has 0 radical (unpaired) electrons. The maximum atomic E-state index is 12.5. The predicted molar refractivity (Wildman–Crippen MR) is 105 cm³/mol. The van der Waals surface area contributed by atoms with E-state index in [0.29, 0.717) is 48.5 Å². The number of amides is 1. The molecule has 1 atom stereocenters. The van der Waals surface area contributed by atoms with Crippen LogP contribution in [0.5, 0.6) is 5.75 Å². The third kappa shape index (κ3) is 3.60. The maximum Gasteiger partial charge on any atom is 0.249 e. The molecule has 3 aromatic rings. The molecule has 1 saturated heterocycles. The molecule has 6 nitrogen and oxygen atoms in total. The summed E-state index contributed by atoms with van der Waals surface area (Å²) in [5, 5.41) is 4.76. The van der Waals surface area contributed by atoms with Crippen molar-refractivity contribution in [2.24, 2.45) is 0 Å². The van der Waals surface area contributed by atoms with Gasteiger partial charge >= 0.3 is 0 Å². The van der Waals surface area contributed by atoms with E-state index >= 15 is 0 Å². The van der Waals surface area contributed by atoms with E-state index in [0.717, 1.165) is 11.1 Å². The molecular formula is C21H20ClN3O3. The number of halogens is 1. The average Bonchev–Trinajstić information content (AvgIpc) is 3.32. The quantitative estimate of drug-likeness (QED) is 0.605. The average molecular weight is 398 g/mol. The second kappa shape index (κ2) is 8.02. The largest absolute Gasteiger partial charge is 0.493 e. The van der Waals surface area contributed by atoms with E-state index in [-0.39, 0.29) is 11.9 Å². The van der Waals surface area contributed by atoms with Crippen LogP contribution in [0.15, 0.2) is 53.1 Å². The molecule has 1 aliphatic rings. The first-order chi connectivity index (χ1) is 13.7. The smallest absolute Gasteiger partial charge is 0.249 e. The molecule has 2 heterocycles. The van der Waals surface area contributed by atoms with E-state index in [4.69, 9.17) is 20.9 Å². The van der Waals surface area contributed by atoms with Crippen molar-refractivity contribution in [2.75, 3.05) is 6.61 Å². The Kier molecular flexibility index (Phi) is 5.30. The summed E-state index contributed by atoms with van der Waals surface area (Å²) in [6.45, 7) is 2.88. The number of ether oxygens (including phenoxy) is 1. The highest BCUT2D eigenvalue weighted by atomic mass is 35.5. The lowest BCUT2D eigenvalue weighted by molar-refractivity contribution is -0.129. The van der Waals surface area contributed by atoms with E-state index in [1.165, 1.54) is 0 Å². The third-order valence-corrected chi connectivity index (χ3v) is 5.15. The Morgan fingerprint density at radius 2 is 2.00 bits per heavy atom. The van der Waals surface area contributed by atoms with Crippen molar-refractivity contribution >= 4 is 17.5 Å². The van der Waals surface area contributed by atoms with E-state index < -0.39 is 0 Å². The molecule has 1 fully saturated rings. The first kappa shape index (κ1) is 18.5. The molecule has 2 aromatic carbocycles. The number of hydrogen-bond acceptors (Lipinski definition) is 5. The number of likely N-dealkylation sites (tertiary alicyclic amines) is 1. The van der Waals surface area contributed by atoms with Crippen LogP contribution in [0, 0.1) is 0 Å². The summed E-state index contributed by atoms with van der Waals surface area (Å²) >= 11 is 6.27. The van der Waals surface area contributed by atoms with Crippen molar-refractivity contribution in [3.8, 4) is 17.1 Å². The molecule has 0 N–H and O–H groups in total. The molecule has 28 heavy (non-hydrogen) atoms. The van der Waals surface area contributed by atoms with E-state index in [9.17, 15) is 4.79 Å². The minimum absolute atomic E-state index is 0.0550. The Hall–Kier alpha value is -2.86. The van der Waals surface area contributed by atoms with Gasteiger partial charge in [0.05, 0.1) is 12.2 Å². The zero-order valence-electron chi connectivity index (χ0n) is 15.5. The van der Waals surface area contributed by atoms with Gasteiger partial charge in [0.15, 0.2) is 0 Å². The van der Waals surface area contributed by atoms with Crippen molar-refractivity contribution in [1.82, 2.24) is 15.0 Å². The highest BCUT2D eigenvalue weighted by molar-refractivity contribution is 6.31. The Bertz CT molecular complexity index is 988. The van der Waals surface area contributed by atoms with Gasteiger partial charge in [0, 0.05) is 18.0 Å². The number of benzene rings is 2. The van der Waals surface area contributed by atoms with Crippen molar-refractivity contribution < 1.29 is 14.1 Å². The number of para-hydroxylation sites is 1. The molecule has 144 valence electrons. The summed E-state index contributed by atoms with van der Waals surface area (Å²) in [7, 11) is 0. The number of aromatic nitrogens is 2. The lowest BCUT2D eigenvalue weighted by Gasteiger charge is -2.22. The van der Waals surface area contributed by atoms with Crippen LogP contribution in [-0.2, 0) is 11.3 Å². The van der Waals surface area contributed by atoms with Gasteiger partial charge in [0.25, 0.3) is 0 Å². The van der Waals surface area contributed by atoms with E-state index in [1.54, 1.807) is 4.90 Å². The van der Waals surface area contributed by atoms with Crippen molar-refractivity contribution in [3.05, 3.63) is 65.0 Å². The summed E-state index contributed by atoms with van der Waals surface area (Å²) < 4.78 is 11.2. The molecule has 1 unspecified atom stereocenters. The molecule has 0 aliphatic carbocycles. The molecule has 0 spiro atoms. The fraction of sp³-hybridized carbons (Fsp3) is 0.286. The number of carbonyl (C=O) groups excluding carboxylic acids is 1. The summed E-state index contributed by atoms with van der Waals surface area (Å²) in [5.74, 6) is 1.64. The highest BCUT2D eigenvalue weighted by Gasteiger charge is 2.36. The van der Waals surface area contributed by atoms with Gasteiger partial charge < -0.3 is 14.2 Å². The summed E-state index contributed by atoms with van der Waals surface area (Å²) in [6, 6.07) is 14.8. The summed E-state index contributed by atoms with van der Waals surface area (Å²) in [6.07, 6.45) is 1.08. The van der Waals surface area contributed by atoms with Gasteiger partial charge in [-0.2, -0.15) is 4.98 Å². The van der Waals surface area contributed by atoms with Gasteiger partial charge in [-0.15, -0.1) is 0 Å². The van der Waals surface area contributed by atoms with E-state index in [1.807, 2.05) is 55.5 Å². The number of rotatable bonds is 6. The molecule has 1 aromatic heterocycles. The first-order valence-electron chi connectivity index (χ1n) is 9.26. The molecule has 0 bridgehead atoms. The third-order valence-electron chi connectivity index (χ3n) is 4.78. The summed E-state index contributed by atoms with van der Waals surface area (Å²) in [4.78, 5) is 18.8. The number of carbonyl (C=O) groups is 1. The van der Waals surface area contributed by atoms with Crippen LogP contribution < -0.4 is 4.74 Å². The first-order valence-corrected chi connectivity index (χ1v) is 9.64. The zero-order chi connectivity index (χ0) is 19.5. The lowest BCUT2D eigenvalue weighted by Crippen LogP contribution is -2.27. The summed E-state index contributed by atoms with van der Waals surface area (Å²) in [5.41, 5.74) is 1.66. The van der Waals surface area contributed by atoms with Crippen LogP contribution in [0.25, 0.3) is 11.4 Å². The predicted octanol–water partition coefficient (Wildman–Crippen LogP) is 4.65. The molecule has 7 heteroatoms. The van der Waals surface area contributed by atoms with Crippen LogP contribution in [-0.4, -0.2) is 27.6 Å². The van der Waals surface area contributed by atoms with Gasteiger partial charge in [-0.25, -0.2) is 0 Å². The fourth-order valence-corrected chi connectivity index (χ4v) is 3.61. The van der Waals surface area contributed by atoms with Gasteiger partial charge in [0.1, 0.15) is 11.8 Å². The highest BCUT2D eigenvalue weighted by Crippen LogP contribution is 2.36. The second-order valence-electron chi connectivity index (χ2n) is 6.55. The van der Waals surface area contributed by atoms with Gasteiger partial charge in [-0.05, 0) is 37.1 Å². The number of nitrogens with zero attached hydrogens (tertiary/aromatic N) is 3. The molecule has 1 aliphatic heterocycles. The van der Waals surface area contributed by atoms with Crippen LogP contribution >= 0.6 is 11.6 Å². The van der Waals surface area contributed by atoms with Gasteiger partial charge in [-0.1, -0.05) is 47.1 Å². The monoisotopic (exact) mass is 397 g/mol. The Morgan fingerprint density at radius 3 is 2.82 bits per heavy atom. The Morgan fingerprint density at radius 1 is 1.21 bits per heavy atom. The maximum absolute atomic E-state index is 12.5. The molecular weight excluding hydrogens is 378 g/mol. The fourth-order valence-electron chi connectivity index (χ4n) is 3.41. The van der Waals surface area contributed by atoms with Gasteiger partial charge in [-0.3, -0.25) is 4.79 Å². The second-order valence-corrected chi connectivity index (χ2v) is 6.96. The minimum atomic E-state index is -0.260. The van der Waals surface area contributed by atoms with Crippen LogP contribution in [0.2, 0.25) is 5.02 Å². The normalized spacial score (nSPS) is 16.6.